The lowest BCUT2D eigenvalue weighted by Gasteiger charge is -2.02. The number of carbonyl (C=O) groups is 1. The highest BCUT2D eigenvalue weighted by Crippen LogP contribution is 2.19. The molecule has 0 radical (unpaired) electrons. The Labute approximate surface area is 105 Å². The SMILES string of the molecule is CCc1ccc(CC(=O)c2ccncc2C)s1. The summed E-state index contributed by atoms with van der Waals surface area (Å²) in [5.74, 6) is 0.175. The summed E-state index contributed by atoms with van der Waals surface area (Å²) in [6, 6.07) is 5.95. The van der Waals surface area contributed by atoms with Crippen molar-refractivity contribution in [2.75, 3.05) is 0 Å². The molecule has 0 amide bonds. The van der Waals surface area contributed by atoms with Gasteiger partial charge in [0, 0.05) is 34.1 Å². The van der Waals surface area contributed by atoms with Crippen LogP contribution in [0.4, 0.5) is 0 Å². The predicted octanol–water partition coefficient (Wildman–Crippen LogP) is 3.44. The average molecular weight is 245 g/mol. The zero-order valence-electron chi connectivity index (χ0n) is 10.1. The number of hydrogen-bond acceptors (Lipinski definition) is 3. The van der Waals surface area contributed by atoms with E-state index in [1.807, 2.05) is 6.92 Å². The lowest BCUT2D eigenvalue weighted by Crippen LogP contribution is -2.04. The lowest BCUT2D eigenvalue weighted by molar-refractivity contribution is 0.0993. The Bertz CT molecular complexity index is 531. The largest absolute Gasteiger partial charge is 0.294 e. The topological polar surface area (TPSA) is 30.0 Å². The minimum Gasteiger partial charge on any atom is -0.294 e. The smallest absolute Gasteiger partial charge is 0.168 e. The summed E-state index contributed by atoms with van der Waals surface area (Å²) in [6.07, 6.45) is 4.94. The van der Waals surface area contributed by atoms with Gasteiger partial charge in [0.05, 0.1) is 0 Å². The number of aryl methyl sites for hydroxylation is 2. The van der Waals surface area contributed by atoms with Gasteiger partial charge in [0.2, 0.25) is 0 Å². The highest BCUT2D eigenvalue weighted by Gasteiger charge is 2.10. The monoisotopic (exact) mass is 245 g/mol. The van der Waals surface area contributed by atoms with Crippen LogP contribution in [0.3, 0.4) is 0 Å². The first-order chi connectivity index (χ1) is 8.20. The van der Waals surface area contributed by atoms with Crippen molar-refractivity contribution < 1.29 is 4.79 Å². The third kappa shape index (κ3) is 2.80. The van der Waals surface area contributed by atoms with Crippen LogP contribution in [0.1, 0.15) is 32.6 Å². The van der Waals surface area contributed by atoms with Gasteiger partial charge in [-0.25, -0.2) is 0 Å². The maximum atomic E-state index is 12.1. The first kappa shape index (κ1) is 12.0. The molecule has 3 heteroatoms. The van der Waals surface area contributed by atoms with Crippen LogP contribution in [0.25, 0.3) is 0 Å². The molecule has 0 saturated carbocycles. The number of hydrogen-bond donors (Lipinski definition) is 0. The number of pyridine rings is 1. The summed E-state index contributed by atoms with van der Waals surface area (Å²) in [5.41, 5.74) is 1.73. The standard InChI is InChI=1S/C14H15NOS/c1-3-11-4-5-12(17-11)8-14(16)13-6-7-15-9-10(13)2/h4-7,9H,3,8H2,1-2H3. The van der Waals surface area contributed by atoms with Gasteiger partial charge in [-0.05, 0) is 37.1 Å². The van der Waals surface area contributed by atoms with E-state index in [2.05, 4.69) is 24.0 Å². The number of ketones is 1. The van der Waals surface area contributed by atoms with E-state index in [9.17, 15) is 4.79 Å². The van der Waals surface area contributed by atoms with E-state index in [4.69, 9.17) is 0 Å². The van der Waals surface area contributed by atoms with Crippen molar-refractivity contribution in [2.24, 2.45) is 0 Å². The van der Waals surface area contributed by atoms with Gasteiger partial charge in [-0.15, -0.1) is 11.3 Å². The van der Waals surface area contributed by atoms with Crippen molar-refractivity contribution in [3.63, 3.8) is 0 Å². The fraction of sp³-hybridized carbons (Fsp3) is 0.286. The number of Topliss-reactive ketones (excluding diaryl/α,β-unsaturated/α-hetero) is 1. The Balaban J connectivity index is 2.14. The van der Waals surface area contributed by atoms with Gasteiger partial charge in [0.15, 0.2) is 5.78 Å². The molecule has 2 nitrogen and oxygen atoms in total. The molecule has 0 atom stereocenters. The van der Waals surface area contributed by atoms with Crippen LogP contribution < -0.4 is 0 Å². The molecule has 0 aromatic carbocycles. The minimum atomic E-state index is 0.175. The first-order valence-electron chi connectivity index (χ1n) is 5.72. The fourth-order valence-corrected chi connectivity index (χ4v) is 2.70. The molecule has 0 aliphatic rings. The normalized spacial score (nSPS) is 10.5. The predicted molar refractivity (Wildman–Crippen MR) is 70.7 cm³/mol. The fourth-order valence-electron chi connectivity index (χ4n) is 1.75. The van der Waals surface area contributed by atoms with Crippen LogP contribution in [0.5, 0.6) is 0 Å². The van der Waals surface area contributed by atoms with Crippen molar-refractivity contribution in [1.29, 1.82) is 0 Å². The summed E-state index contributed by atoms with van der Waals surface area (Å²) in [6.45, 7) is 4.05. The second-order valence-corrected chi connectivity index (χ2v) is 5.27. The highest BCUT2D eigenvalue weighted by atomic mass is 32.1. The van der Waals surface area contributed by atoms with E-state index in [1.54, 1.807) is 29.8 Å². The molecule has 0 N–H and O–H groups in total. The van der Waals surface area contributed by atoms with Crippen molar-refractivity contribution in [3.8, 4) is 0 Å². The zero-order valence-corrected chi connectivity index (χ0v) is 10.9. The summed E-state index contributed by atoms with van der Waals surface area (Å²) in [4.78, 5) is 18.6. The van der Waals surface area contributed by atoms with E-state index >= 15 is 0 Å². The summed E-state index contributed by atoms with van der Waals surface area (Å²) in [7, 11) is 0. The van der Waals surface area contributed by atoms with Gasteiger partial charge in [-0.3, -0.25) is 9.78 Å². The van der Waals surface area contributed by atoms with E-state index in [0.29, 0.717) is 6.42 Å². The van der Waals surface area contributed by atoms with Gasteiger partial charge in [0.1, 0.15) is 0 Å². The molecule has 2 aromatic rings. The van der Waals surface area contributed by atoms with Crippen molar-refractivity contribution in [1.82, 2.24) is 4.98 Å². The molecule has 2 aromatic heterocycles. The third-order valence-corrected chi connectivity index (χ3v) is 3.95. The molecule has 0 aliphatic carbocycles. The van der Waals surface area contributed by atoms with E-state index in [-0.39, 0.29) is 5.78 Å². The second kappa shape index (κ2) is 5.23. The van der Waals surface area contributed by atoms with E-state index in [0.717, 1.165) is 22.4 Å². The minimum absolute atomic E-state index is 0.175. The van der Waals surface area contributed by atoms with Crippen LogP contribution in [-0.4, -0.2) is 10.8 Å². The van der Waals surface area contributed by atoms with Gasteiger partial charge in [-0.2, -0.15) is 0 Å². The van der Waals surface area contributed by atoms with Crippen molar-refractivity contribution >= 4 is 17.1 Å². The summed E-state index contributed by atoms with van der Waals surface area (Å²) >= 11 is 1.73. The molecular weight excluding hydrogens is 230 g/mol. The molecule has 2 rings (SSSR count). The zero-order chi connectivity index (χ0) is 12.3. The lowest BCUT2D eigenvalue weighted by atomic mass is 10.0. The Hall–Kier alpha value is -1.48. The number of thiophene rings is 1. The maximum Gasteiger partial charge on any atom is 0.168 e. The molecule has 0 unspecified atom stereocenters. The molecule has 88 valence electrons. The van der Waals surface area contributed by atoms with E-state index < -0.39 is 0 Å². The Morgan fingerprint density at radius 3 is 2.71 bits per heavy atom. The van der Waals surface area contributed by atoms with Crippen molar-refractivity contribution in [2.45, 2.75) is 26.7 Å². The summed E-state index contributed by atoms with van der Waals surface area (Å²) < 4.78 is 0. The number of carbonyl (C=O) groups excluding carboxylic acids is 1. The Kier molecular flexibility index (Phi) is 3.69. The molecular formula is C14H15NOS. The van der Waals surface area contributed by atoms with Crippen LogP contribution in [0.15, 0.2) is 30.6 Å². The van der Waals surface area contributed by atoms with Crippen LogP contribution in [0.2, 0.25) is 0 Å². The maximum absolute atomic E-state index is 12.1. The highest BCUT2D eigenvalue weighted by molar-refractivity contribution is 7.12. The summed E-state index contributed by atoms with van der Waals surface area (Å²) in [5, 5.41) is 0. The third-order valence-electron chi connectivity index (χ3n) is 2.72. The van der Waals surface area contributed by atoms with Gasteiger partial charge in [0.25, 0.3) is 0 Å². The van der Waals surface area contributed by atoms with Crippen LogP contribution in [0, 0.1) is 6.92 Å². The molecule has 0 bridgehead atoms. The Morgan fingerprint density at radius 2 is 2.06 bits per heavy atom. The van der Waals surface area contributed by atoms with Crippen molar-refractivity contribution in [3.05, 3.63) is 51.5 Å². The molecule has 2 heterocycles. The molecule has 0 saturated heterocycles. The average Bonchev–Trinajstić information content (AvgIpc) is 2.77. The number of aromatic nitrogens is 1. The van der Waals surface area contributed by atoms with Crippen LogP contribution >= 0.6 is 11.3 Å². The van der Waals surface area contributed by atoms with Gasteiger partial charge >= 0.3 is 0 Å². The molecule has 0 fully saturated rings. The molecule has 0 spiro atoms. The Morgan fingerprint density at radius 1 is 1.29 bits per heavy atom. The second-order valence-electron chi connectivity index (χ2n) is 4.01. The number of nitrogens with zero attached hydrogens (tertiary/aromatic N) is 1. The molecule has 17 heavy (non-hydrogen) atoms. The van der Waals surface area contributed by atoms with E-state index in [1.165, 1.54) is 4.88 Å². The quantitative estimate of drug-likeness (QED) is 0.772. The first-order valence-corrected chi connectivity index (χ1v) is 6.53. The van der Waals surface area contributed by atoms with Gasteiger partial charge in [-0.1, -0.05) is 6.92 Å². The number of rotatable bonds is 4. The molecule has 0 aliphatic heterocycles. The van der Waals surface area contributed by atoms with Crippen LogP contribution in [-0.2, 0) is 12.8 Å². The van der Waals surface area contributed by atoms with Gasteiger partial charge < -0.3 is 0 Å².